The van der Waals surface area contributed by atoms with Crippen LogP contribution in [0.2, 0.25) is 0 Å². The molecule has 0 saturated heterocycles. The van der Waals surface area contributed by atoms with Gasteiger partial charge in [0.2, 0.25) is 0 Å². The number of non-ortho nitro benzene ring substituents is 1. The third-order valence-corrected chi connectivity index (χ3v) is 9.07. The number of nitrogens with zero attached hydrogens (tertiary/aromatic N) is 3. The molecule has 1 aliphatic carbocycles. The first-order chi connectivity index (χ1) is 18.4. The lowest BCUT2D eigenvalue weighted by Crippen LogP contribution is -2.36. The molecular formula is C28H28N4O4S2. The van der Waals surface area contributed by atoms with Crippen molar-refractivity contribution in [2.24, 2.45) is 0 Å². The standard InChI is InChI=1S/C28H28N4O4S2/c1-18-23-26(38-24(18)25(33)29-21-12-6-3-7-13-21)30-28(31(27(23)34)16-19-9-4-2-5-10-19)37-17-20-11-8-14-22(15-20)32(35)36/h2,4-5,8-11,14-15,21H,3,6-7,12-13,16-17H2,1H3,(H,29,33). The van der Waals surface area contributed by atoms with Crippen LogP contribution in [-0.4, -0.2) is 26.4 Å². The maximum absolute atomic E-state index is 13.9. The van der Waals surface area contributed by atoms with Gasteiger partial charge in [-0.05, 0) is 36.5 Å². The maximum Gasteiger partial charge on any atom is 0.269 e. The zero-order valence-electron chi connectivity index (χ0n) is 21.0. The first-order valence-electron chi connectivity index (χ1n) is 12.7. The highest BCUT2D eigenvalue weighted by Gasteiger charge is 2.24. The summed E-state index contributed by atoms with van der Waals surface area (Å²) in [6, 6.07) is 16.3. The summed E-state index contributed by atoms with van der Waals surface area (Å²) in [6.45, 7) is 2.15. The Bertz CT molecular complexity index is 1540. The molecule has 0 aliphatic heterocycles. The van der Waals surface area contributed by atoms with Gasteiger partial charge in [-0.2, -0.15) is 0 Å². The molecule has 2 aromatic heterocycles. The van der Waals surface area contributed by atoms with E-state index in [1.807, 2.05) is 43.3 Å². The molecule has 0 bridgehead atoms. The monoisotopic (exact) mass is 548 g/mol. The summed E-state index contributed by atoms with van der Waals surface area (Å²) in [6.07, 6.45) is 5.41. The van der Waals surface area contributed by atoms with Gasteiger partial charge in [0.15, 0.2) is 5.16 Å². The van der Waals surface area contributed by atoms with Crippen LogP contribution in [0.15, 0.2) is 64.5 Å². The normalized spacial score (nSPS) is 14.0. The van der Waals surface area contributed by atoms with E-state index in [-0.39, 0.29) is 23.2 Å². The highest BCUT2D eigenvalue weighted by Crippen LogP contribution is 2.31. The Morgan fingerprint density at radius 1 is 1.13 bits per heavy atom. The Morgan fingerprint density at radius 3 is 2.61 bits per heavy atom. The number of carbonyl (C=O) groups is 1. The van der Waals surface area contributed by atoms with Gasteiger partial charge >= 0.3 is 0 Å². The molecule has 5 rings (SSSR count). The second-order valence-electron chi connectivity index (χ2n) is 9.53. The molecule has 0 radical (unpaired) electrons. The van der Waals surface area contributed by atoms with Gasteiger partial charge in [-0.15, -0.1) is 11.3 Å². The van der Waals surface area contributed by atoms with Crippen molar-refractivity contribution in [3.8, 4) is 0 Å². The number of benzene rings is 2. The summed E-state index contributed by atoms with van der Waals surface area (Å²) in [4.78, 5) is 43.7. The predicted molar refractivity (Wildman–Crippen MR) is 151 cm³/mol. The van der Waals surface area contributed by atoms with E-state index in [1.165, 1.54) is 41.7 Å². The van der Waals surface area contributed by atoms with E-state index in [4.69, 9.17) is 4.98 Å². The Balaban J connectivity index is 1.51. The van der Waals surface area contributed by atoms with E-state index in [2.05, 4.69) is 5.32 Å². The van der Waals surface area contributed by atoms with Gasteiger partial charge in [0.1, 0.15) is 4.83 Å². The molecule has 196 valence electrons. The van der Waals surface area contributed by atoms with Crippen molar-refractivity contribution in [1.29, 1.82) is 0 Å². The number of amides is 1. The number of aryl methyl sites for hydroxylation is 1. The minimum absolute atomic E-state index is 0.0238. The highest BCUT2D eigenvalue weighted by molar-refractivity contribution is 7.98. The van der Waals surface area contributed by atoms with E-state index >= 15 is 0 Å². The van der Waals surface area contributed by atoms with Crippen LogP contribution in [0, 0.1) is 17.0 Å². The van der Waals surface area contributed by atoms with Gasteiger partial charge < -0.3 is 5.32 Å². The number of hydrogen-bond donors (Lipinski definition) is 1. The number of nitrogens with one attached hydrogen (secondary N) is 1. The molecule has 2 aromatic carbocycles. The lowest BCUT2D eigenvalue weighted by atomic mass is 9.95. The zero-order valence-corrected chi connectivity index (χ0v) is 22.6. The molecule has 0 atom stereocenters. The predicted octanol–water partition coefficient (Wildman–Crippen LogP) is 6.08. The molecule has 10 heteroatoms. The quantitative estimate of drug-likeness (QED) is 0.124. The van der Waals surface area contributed by atoms with Crippen molar-refractivity contribution in [3.05, 3.63) is 96.6 Å². The number of hydrogen-bond acceptors (Lipinski definition) is 7. The van der Waals surface area contributed by atoms with Gasteiger partial charge in [0.05, 0.1) is 21.7 Å². The smallest absolute Gasteiger partial charge is 0.269 e. The number of fused-ring (bicyclic) bond motifs is 1. The van der Waals surface area contributed by atoms with Crippen LogP contribution in [0.5, 0.6) is 0 Å². The van der Waals surface area contributed by atoms with E-state index in [1.54, 1.807) is 10.6 Å². The van der Waals surface area contributed by atoms with Crippen molar-refractivity contribution in [3.63, 3.8) is 0 Å². The van der Waals surface area contributed by atoms with Gasteiger partial charge in [0.25, 0.3) is 17.2 Å². The van der Waals surface area contributed by atoms with Crippen LogP contribution in [0.1, 0.15) is 58.5 Å². The van der Waals surface area contributed by atoms with E-state index in [9.17, 15) is 19.7 Å². The molecule has 2 heterocycles. The van der Waals surface area contributed by atoms with Gasteiger partial charge in [-0.3, -0.25) is 24.3 Å². The largest absolute Gasteiger partial charge is 0.349 e. The van der Waals surface area contributed by atoms with Crippen LogP contribution in [0.3, 0.4) is 0 Å². The Kier molecular flexibility index (Phi) is 7.90. The average molecular weight is 549 g/mol. The van der Waals surface area contributed by atoms with Crippen molar-refractivity contribution in [2.45, 2.75) is 62.5 Å². The number of nitro benzene ring substituents is 1. The average Bonchev–Trinajstić information content (AvgIpc) is 3.27. The summed E-state index contributed by atoms with van der Waals surface area (Å²) in [7, 11) is 0. The number of thiophene rings is 1. The highest BCUT2D eigenvalue weighted by atomic mass is 32.2. The van der Waals surface area contributed by atoms with Crippen LogP contribution in [-0.2, 0) is 12.3 Å². The molecule has 1 aliphatic rings. The molecule has 0 spiro atoms. The maximum atomic E-state index is 13.9. The minimum Gasteiger partial charge on any atom is -0.349 e. The number of rotatable bonds is 8. The molecule has 1 fully saturated rings. The fraction of sp³-hybridized carbons (Fsp3) is 0.321. The molecule has 1 N–H and O–H groups in total. The summed E-state index contributed by atoms with van der Waals surface area (Å²) in [5.74, 6) is 0.269. The second kappa shape index (κ2) is 11.5. The number of nitro groups is 1. The van der Waals surface area contributed by atoms with Crippen LogP contribution >= 0.6 is 23.1 Å². The molecule has 8 nitrogen and oxygen atoms in total. The molecule has 1 amide bonds. The summed E-state index contributed by atoms with van der Waals surface area (Å²) >= 11 is 2.61. The fourth-order valence-electron chi connectivity index (χ4n) is 4.84. The molecule has 0 unspecified atom stereocenters. The van der Waals surface area contributed by atoms with Gasteiger partial charge in [-0.25, -0.2) is 4.98 Å². The summed E-state index contributed by atoms with van der Waals surface area (Å²) in [5, 5.41) is 15.3. The van der Waals surface area contributed by atoms with E-state index in [0.29, 0.717) is 38.1 Å². The number of aromatic nitrogens is 2. The fourth-order valence-corrected chi connectivity index (χ4v) is 6.90. The van der Waals surface area contributed by atoms with Crippen molar-refractivity contribution < 1.29 is 9.72 Å². The Hall–Kier alpha value is -3.50. The SMILES string of the molecule is Cc1c(C(=O)NC2CCCCC2)sc2nc(SCc3cccc([N+](=O)[O-])c3)n(Cc3ccccc3)c(=O)c12. The van der Waals surface area contributed by atoms with Crippen LogP contribution in [0.25, 0.3) is 10.2 Å². The molecule has 4 aromatic rings. The van der Waals surface area contributed by atoms with Crippen molar-refractivity contribution in [2.75, 3.05) is 0 Å². The first-order valence-corrected chi connectivity index (χ1v) is 14.5. The van der Waals surface area contributed by atoms with E-state index < -0.39 is 4.92 Å². The number of thioether (sulfide) groups is 1. The topological polar surface area (TPSA) is 107 Å². The van der Waals surface area contributed by atoms with Gasteiger partial charge in [-0.1, -0.05) is 73.5 Å². The Labute approximate surface area is 228 Å². The van der Waals surface area contributed by atoms with E-state index in [0.717, 1.165) is 36.8 Å². The van der Waals surface area contributed by atoms with Crippen molar-refractivity contribution >= 4 is 44.9 Å². The molecule has 1 saturated carbocycles. The molecule has 38 heavy (non-hydrogen) atoms. The summed E-state index contributed by atoms with van der Waals surface area (Å²) in [5.41, 5.74) is 2.21. The van der Waals surface area contributed by atoms with Crippen LogP contribution in [0.4, 0.5) is 5.69 Å². The zero-order chi connectivity index (χ0) is 26.6. The number of carbonyl (C=O) groups excluding carboxylic acids is 1. The molecular weight excluding hydrogens is 520 g/mol. The Morgan fingerprint density at radius 2 is 1.87 bits per heavy atom. The first kappa shape index (κ1) is 26.1. The van der Waals surface area contributed by atoms with Gasteiger partial charge in [0, 0.05) is 23.9 Å². The summed E-state index contributed by atoms with van der Waals surface area (Å²) < 4.78 is 1.64. The van der Waals surface area contributed by atoms with Crippen molar-refractivity contribution in [1.82, 2.24) is 14.9 Å². The lowest BCUT2D eigenvalue weighted by molar-refractivity contribution is -0.384. The minimum atomic E-state index is -0.419. The lowest BCUT2D eigenvalue weighted by Gasteiger charge is -2.22. The third kappa shape index (κ3) is 5.66. The van der Waals surface area contributed by atoms with Crippen LogP contribution < -0.4 is 10.9 Å². The third-order valence-electron chi connectivity index (χ3n) is 6.83. The second-order valence-corrected chi connectivity index (χ2v) is 11.5.